The predicted molar refractivity (Wildman–Crippen MR) is 60.0 cm³/mol. The Morgan fingerprint density at radius 3 is 3.06 bits per heavy atom. The molecule has 1 heterocycles. The number of carbonyl (C=O) groups excluding carboxylic acids is 1. The largest absolute Gasteiger partial charge is 0.362 e. The van der Waals surface area contributed by atoms with Crippen LogP contribution in [0.3, 0.4) is 0 Å². The summed E-state index contributed by atoms with van der Waals surface area (Å²) in [4.78, 5) is 11.3. The van der Waals surface area contributed by atoms with E-state index in [0.717, 1.165) is 25.0 Å². The molecule has 0 aliphatic heterocycles. The third-order valence-corrected chi connectivity index (χ3v) is 3.35. The van der Waals surface area contributed by atoms with Crippen molar-refractivity contribution in [3.8, 4) is 0 Å². The number of ether oxygens (including phenoxy) is 1. The third kappa shape index (κ3) is 2.32. The number of aromatic nitrogens is 2. The molecule has 1 aliphatic carbocycles. The summed E-state index contributed by atoms with van der Waals surface area (Å²) in [5, 5.41) is 4.46. The van der Waals surface area contributed by atoms with Crippen molar-refractivity contribution < 1.29 is 9.53 Å². The lowest BCUT2D eigenvalue weighted by Gasteiger charge is -2.06. The van der Waals surface area contributed by atoms with Gasteiger partial charge in [0, 0.05) is 25.1 Å². The van der Waals surface area contributed by atoms with Crippen LogP contribution in [0, 0.1) is 5.92 Å². The van der Waals surface area contributed by atoms with Gasteiger partial charge >= 0.3 is 0 Å². The fourth-order valence-electron chi connectivity index (χ4n) is 2.42. The van der Waals surface area contributed by atoms with Crippen LogP contribution in [0.25, 0.3) is 0 Å². The van der Waals surface area contributed by atoms with Crippen LogP contribution in [0.2, 0.25) is 0 Å². The average molecular weight is 222 g/mol. The van der Waals surface area contributed by atoms with Crippen molar-refractivity contribution in [1.29, 1.82) is 0 Å². The number of hydrogen-bond acceptors (Lipinski definition) is 3. The first-order chi connectivity index (χ1) is 7.70. The Bertz CT molecular complexity index is 373. The predicted octanol–water partition coefficient (Wildman–Crippen LogP) is 1.96. The molecule has 2 unspecified atom stereocenters. The van der Waals surface area contributed by atoms with Gasteiger partial charge in [-0.1, -0.05) is 0 Å². The summed E-state index contributed by atoms with van der Waals surface area (Å²) < 4.78 is 6.80. The molecular weight excluding hydrogens is 204 g/mol. The summed E-state index contributed by atoms with van der Waals surface area (Å²) in [6.07, 6.45) is 4.98. The lowest BCUT2D eigenvalue weighted by atomic mass is 10.00. The van der Waals surface area contributed by atoms with Crippen molar-refractivity contribution >= 4 is 5.78 Å². The van der Waals surface area contributed by atoms with E-state index in [1.807, 2.05) is 12.3 Å². The van der Waals surface area contributed by atoms with Crippen LogP contribution in [0.4, 0.5) is 0 Å². The number of rotatable bonds is 4. The number of carbonyl (C=O) groups is 1. The zero-order valence-corrected chi connectivity index (χ0v) is 9.85. The van der Waals surface area contributed by atoms with Gasteiger partial charge in [-0.25, -0.2) is 4.68 Å². The summed E-state index contributed by atoms with van der Waals surface area (Å²) in [7, 11) is 1.66. The van der Waals surface area contributed by atoms with Crippen LogP contribution >= 0.6 is 0 Å². The molecule has 0 radical (unpaired) electrons. The van der Waals surface area contributed by atoms with E-state index < -0.39 is 0 Å². The van der Waals surface area contributed by atoms with Crippen LogP contribution in [0.1, 0.15) is 37.8 Å². The van der Waals surface area contributed by atoms with Crippen molar-refractivity contribution in [3.63, 3.8) is 0 Å². The van der Waals surface area contributed by atoms with Gasteiger partial charge in [-0.15, -0.1) is 0 Å². The van der Waals surface area contributed by atoms with E-state index in [1.54, 1.807) is 18.7 Å². The fourth-order valence-corrected chi connectivity index (χ4v) is 2.42. The zero-order chi connectivity index (χ0) is 11.5. The van der Waals surface area contributed by atoms with Gasteiger partial charge in [-0.3, -0.25) is 4.79 Å². The number of ketones is 1. The molecule has 0 spiro atoms. The quantitative estimate of drug-likeness (QED) is 0.782. The highest BCUT2D eigenvalue weighted by Crippen LogP contribution is 2.37. The second kappa shape index (κ2) is 4.78. The fraction of sp³-hybridized carbons (Fsp3) is 0.667. The molecule has 1 fully saturated rings. The van der Waals surface area contributed by atoms with Crippen LogP contribution in [-0.2, 0) is 16.3 Å². The molecule has 0 N–H and O–H groups in total. The minimum absolute atomic E-state index is 0.248. The first-order valence-electron chi connectivity index (χ1n) is 5.73. The van der Waals surface area contributed by atoms with E-state index in [4.69, 9.17) is 4.74 Å². The number of hydrogen-bond donors (Lipinski definition) is 0. The smallest absolute Gasteiger partial charge is 0.138 e. The summed E-state index contributed by atoms with van der Waals surface area (Å²) in [6.45, 7) is 2.18. The lowest BCUT2D eigenvalue weighted by Crippen LogP contribution is -2.06. The van der Waals surface area contributed by atoms with Crippen LogP contribution < -0.4 is 0 Å². The van der Waals surface area contributed by atoms with Gasteiger partial charge < -0.3 is 4.74 Å². The average Bonchev–Trinajstić information content (AvgIpc) is 2.84. The molecule has 88 valence electrons. The highest BCUT2D eigenvalue weighted by molar-refractivity contribution is 5.78. The van der Waals surface area contributed by atoms with E-state index in [9.17, 15) is 4.79 Å². The second-order valence-corrected chi connectivity index (χ2v) is 4.52. The summed E-state index contributed by atoms with van der Waals surface area (Å²) in [6, 6.07) is 2.03. The Hall–Kier alpha value is -1.16. The van der Waals surface area contributed by atoms with Crippen LogP contribution in [-0.4, -0.2) is 22.7 Å². The van der Waals surface area contributed by atoms with Crippen molar-refractivity contribution in [2.45, 2.75) is 38.8 Å². The summed E-state index contributed by atoms with van der Waals surface area (Å²) >= 11 is 0. The molecule has 1 aromatic rings. The second-order valence-electron chi connectivity index (χ2n) is 4.52. The van der Waals surface area contributed by atoms with E-state index in [0.29, 0.717) is 18.4 Å². The van der Waals surface area contributed by atoms with E-state index in [1.165, 1.54) is 0 Å². The van der Waals surface area contributed by atoms with Crippen molar-refractivity contribution in [2.75, 3.05) is 7.11 Å². The molecule has 2 atom stereocenters. The molecular formula is C12H18N2O2. The van der Waals surface area contributed by atoms with Gasteiger partial charge in [0.05, 0.1) is 5.69 Å². The van der Waals surface area contributed by atoms with Gasteiger partial charge in [-0.2, -0.15) is 5.10 Å². The Morgan fingerprint density at radius 2 is 2.44 bits per heavy atom. The molecule has 0 saturated heterocycles. The SMILES string of the molecule is COCn1ccc(C2CCC(C(C)=O)C2)n1. The molecule has 0 bridgehead atoms. The molecule has 4 heteroatoms. The molecule has 1 saturated carbocycles. The molecule has 1 aromatic heterocycles. The van der Waals surface area contributed by atoms with E-state index in [-0.39, 0.29) is 5.92 Å². The topological polar surface area (TPSA) is 44.1 Å². The first kappa shape index (κ1) is 11.3. The maximum absolute atomic E-state index is 11.3. The maximum Gasteiger partial charge on any atom is 0.138 e. The number of Topliss-reactive ketones (excluding diaryl/α,β-unsaturated/α-hetero) is 1. The highest BCUT2D eigenvalue weighted by atomic mass is 16.5. The van der Waals surface area contributed by atoms with Gasteiger partial charge in [0.2, 0.25) is 0 Å². The monoisotopic (exact) mass is 222 g/mol. The van der Waals surface area contributed by atoms with Crippen LogP contribution in [0.5, 0.6) is 0 Å². The molecule has 0 amide bonds. The summed E-state index contributed by atoms with van der Waals surface area (Å²) in [5.41, 5.74) is 1.10. The highest BCUT2D eigenvalue weighted by Gasteiger charge is 2.29. The standard InChI is InChI=1S/C12H18N2O2/c1-9(15)10-3-4-11(7-10)12-5-6-14(13-12)8-16-2/h5-6,10-11H,3-4,7-8H2,1-2H3. The summed E-state index contributed by atoms with van der Waals surface area (Å²) in [5.74, 6) is 1.02. The lowest BCUT2D eigenvalue weighted by molar-refractivity contribution is -0.120. The van der Waals surface area contributed by atoms with Crippen molar-refractivity contribution in [2.24, 2.45) is 5.92 Å². The molecule has 4 nitrogen and oxygen atoms in total. The molecule has 0 aromatic carbocycles. The Labute approximate surface area is 95.6 Å². The number of nitrogens with zero attached hydrogens (tertiary/aromatic N) is 2. The van der Waals surface area contributed by atoms with Gasteiger partial charge in [0.15, 0.2) is 0 Å². The Morgan fingerprint density at radius 1 is 1.62 bits per heavy atom. The van der Waals surface area contributed by atoms with E-state index >= 15 is 0 Å². The van der Waals surface area contributed by atoms with Crippen LogP contribution in [0.15, 0.2) is 12.3 Å². The molecule has 16 heavy (non-hydrogen) atoms. The third-order valence-electron chi connectivity index (χ3n) is 3.35. The Balaban J connectivity index is 2.00. The first-order valence-corrected chi connectivity index (χ1v) is 5.73. The van der Waals surface area contributed by atoms with E-state index in [2.05, 4.69) is 5.10 Å². The Kier molecular flexibility index (Phi) is 3.39. The zero-order valence-electron chi connectivity index (χ0n) is 9.85. The minimum atomic E-state index is 0.248. The van der Waals surface area contributed by atoms with Crippen molar-refractivity contribution in [3.05, 3.63) is 18.0 Å². The molecule has 2 rings (SSSR count). The van der Waals surface area contributed by atoms with Gasteiger partial charge in [-0.05, 0) is 32.3 Å². The van der Waals surface area contributed by atoms with Crippen molar-refractivity contribution in [1.82, 2.24) is 9.78 Å². The molecule has 1 aliphatic rings. The van der Waals surface area contributed by atoms with Gasteiger partial charge in [0.1, 0.15) is 12.5 Å². The minimum Gasteiger partial charge on any atom is -0.362 e. The normalized spacial score (nSPS) is 24.9. The number of methoxy groups -OCH3 is 1. The van der Waals surface area contributed by atoms with Gasteiger partial charge in [0.25, 0.3) is 0 Å². The maximum atomic E-state index is 11.3.